The smallest absolute Gasteiger partial charge is 0.173 e. The van der Waals surface area contributed by atoms with E-state index in [9.17, 15) is 4.39 Å². The molecular weight excluding hydrogens is 207 g/mol. The molecule has 0 aromatic heterocycles. The standard InChI is InChI=1S/C10H10ClFO2/c1-10(6-14-10)5-13-9-7(11)3-2-4-8(9)12/h2-4H,5-6H2,1H3. The van der Waals surface area contributed by atoms with E-state index in [2.05, 4.69) is 0 Å². The number of hydrogen-bond acceptors (Lipinski definition) is 2. The van der Waals surface area contributed by atoms with Gasteiger partial charge in [0, 0.05) is 0 Å². The fourth-order valence-corrected chi connectivity index (χ4v) is 1.27. The molecule has 2 nitrogen and oxygen atoms in total. The van der Waals surface area contributed by atoms with Crippen molar-refractivity contribution in [2.45, 2.75) is 12.5 Å². The molecule has 0 saturated carbocycles. The molecule has 2 rings (SSSR count). The normalized spacial score (nSPS) is 24.8. The summed E-state index contributed by atoms with van der Waals surface area (Å²) in [6, 6.07) is 4.45. The van der Waals surface area contributed by atoms with E-state index in [1.807, 2.05) is 6.92 Å². The van der Waals surface area contributed by atoms with Crippen LogP contribution in [0.3, 0.4) is 0 Å². The van der Waals surface area contributed by atoms with E-state index in [0.717, 1.165) is 0 Å². The van der Waals surface area contributed by atoms with Crippen LogP contribution in [-0.2, 0) is 4.74 Å². The summed E-state index contributed by atoms with van der Waals surface area (Å²) in [5, 5.41) is 0.286. The molecule has 0 aliphatic carbocycles. The van der Waals surface area contributed by atoms with Crippen molar-refractivity contribution in [2.75, 3.05) is 13.2 Å². The Morgan fingerprint density at radius 3 is 2.93 bits per heavy atom. The molecule has 0 N–H and O–H groups in total. The van der Waals surface area contributed by atoms with Crippen LogP contribution < -0.4 is 4.74 Å². The van der Waals surface area contributed by atoms with Crippen LogP contribution in [0.4, 0.5) is 4.39 Å². The third kappa shape index (κ3) is 1.99. The zero-order valence-corrected chi connectivity index (χ0v) is 8.47. The van der Waals surface area contributed by atoms with Gasteiger partial charge in [0.25, 0.3) is 0 Å². The number of ether oxygens (including phenoxy) is 2. The van der Waals surface area contributed by atoms with Crippen molar-refractivity contribution < 1.29 is 13.9 Å². The zero-order valence-electron chi connectivity index (χ0n) is 7.72. The minimum absolute atomic E-state index is 0.103. The highest BCUT2D eigenvalue weighted by molar-refractivity contribution is 6.32. The SMILES string of the molecule is CC1(COc2c(F)cccc2Cl)CO1. The van der Waals surface area contributed by atoms with Crippen LogP contribution in [0.25, 0.3) is 0 Å². The fourth-order valence-electron chi connectivity index (χ4n) is 1.05. The molecular formula is C10H10ClFO2. The third-order valence-electron chi connectivity index (χ3n) is 2.08. The average molecular weight is 217 g/mol. The van der Waals surface area contributed by atoms with E-state index >= 15 is 0 Å². The first-order valence-electron chi connectivity index (χ1n) is 4.31. The molecule has 1 aromatic carbocycles. The van der Waals surface area contributed by atoms with Gasteiger partial charge >= 0.3 is 0 Å². The molecule has 4 heteroatoms. The van der Waals surface area contributed by atoms with E-state index in [0.29, 0.717) is 13.2 Å². The lowest BCUT2D eigenvalue weighted by molar-refractivity contribution is 0.197. The molecule has 1 saturated heterocycles. The molecule has 76 valence electrons. The number of halogens is 2. The minimum atomic E-state index is -0.443. The van der Waals surface area contributed by atoms with Crippen LogP contribution in [0, 0.1) is 5.82 Å². The predicted molar refractivity (Wildman–Crippen MR) is 51.3 cm³/mol. The van der Waals surface area contributed by atoms with Gasteiger partial charge in [0.1, 0.15) is 12.2 Å². The van der Waals surface area contributed by atoms with Crippen molar-refractivity contribution in [3.63, 3.8) is 0 Å². The van der Waals surface area contributed by atoms with Gasteiger partial charge in [0.05, 0.1) is 11.6 Å². The first-order valence-corrected chi connectivity index (χ1v) is 4.69. The monoisotopic (exact) mass is 216 g/mol. The maximum atomic E-state index is 13.2. The lowest BCUT2D eigenvalue weighted by atomic mass is 10.2. The van der Waals surface area contributed by atoms with Gasteiger partial charge in [0.2, 0.25) is 0 Å². The molecule has 1 fully saturated rings. The van der Waals surface area contributed by atoms with Crippen molar-refractivity contribution in [1.82, 2.24) is 0 Å². The Morgan fingerprint density at radius 1 is 1.64 bits per heavy atom. The van der Waals surface area contributed by atoms with Crippen LogP contribution >= 0.6 is 11.6 Å². The van der Waals surface area contributed by atoms with Crippen LogP contribution in [0.1, 0.15) is 6.92 Å². The summed E-state index contributed by atoms with van der Waals surface area (Å²) in [6.07, 6.45) is 0. The predicted octanol–water partition coefficient (Wildman–Crippen LogP) is 2.65. The molecule has 14 heavy (non-hydrogen) atoms. The first kappa shape index (κ1) is 9.74. The van der Waals surface area contributed by atoms with Crippen molar-refractivity contribution in [3.05, 3.63) is 29.0 Å². The number of hydrogen-bond donors (Lipinski definition) is 0. The Hall–Kier alpha value is -0.800. The Kier molecular flexibility index (Phi) is 2.37. The Bertz CT molecular complexity index is 330. The van der Waals surface area contributed by atoms with Crippen LogP contribution in [0.2, 0.25) is 5.02 Å². The Balaban J connectivity index is 2.08. The number of benzene rings is 1. The van der Waals surface area contributed by atoms with Crippen molar-refractivity contribution in [2.24, 2.45) is 0 Å². The first-order chi connectivity index (χ1) is 6.61. The zero-order chi connectivity index (χ0) is 10.2. The van der Waals surface area contributed by atoms with Gasteiger partial charge in [-0.2, -0.15) is 0 Å². The van der Waals surface area contributed by atoms with E-state index in [1.54, 1.807) is 12.1 Å². The highest BCUT2D eigenvalue weighted by Crippen LogP contribution is 2.31. The molecule has 0 spiro atoms. The maximum Gasteiger partial charge on any atom is 0.173 e. The fraction of sp³-hybridized carbons (Fsp3) is 0.400. The molecule has 0 radical (unpaired) electrons. The lowest BCUT2D eigenvalue weighted by Crippen LogP contribution is -2.17. The largest absolute Gasteiger partial charge is 0.486 e. The molecule has 1 aromatic rings. The van der Waals surface area contributed by atoms with Crippen LogP contribution in [-0.4, -0.2) is 18.8 Å². The van der Waals surface area contributed by atoms with Crippen molar-refractivity contribution >= 4 is 11.6 Å². The maximum absolute atomic E-state index is 13.2. The van der Waals surface area contributed by atoms with Crippen molar-refractivity contribution in [3.8, 4) is 5.75 Å². The van der Waals surface area contributed by atoms with Crippen LogP contribution in [0.15, 0.2) is 18.2 Å². The lowest BCUT2D eigenvalue weighted by Gasteiger charge is -2.10. The second kappa shape index (κ2) is 3.41. The summed E-state index contributed by atoms with van der Waals surface area (Å²) in [5.74, 6) is -0.340. The molecule has 0 amide bonds. The second-order valence-electron chi connectivity index (χ2n) is 3.58. The van der Waals surface area contributed by atoms with Crippen LogP contribution in [0.5, 0.6) is 5.75 Å². The molecule has 1 atom stereocenters. The average Bonchev–Trinajstić information content (AvgIpc) is 2.83. The number of para-hydroxylation sites is 1. The second-order valence-corrected chi connectivity index (χ2v) is 3.99. The summed E-state index contributed by atoms with van der Waals surface area (Å²) in [4.78, 5) is 0. The molecule has 1 aliphatic heterocycles. The van der Waals surface area contributed by atoms with E-state index in [4.69, 9.17) is 21.1 Å². The van der Waals surface area contributed by atoms with Gasteiger partial charge in [0.15, 0.2) is 11.6 Å². The van der Waals surface area contributed by atoms with Gasteiger partial charge in [-0.25, -0.2) is 4.39 Å². The third-order valence-corrected chi connectivity index (χ3v) is 2.38. The van der Waals surface area contributed by atoms with E-state index < -0.39 is 5.82 Å². The minimum Gasteiger partial charge on any atom is -0.486 e. The molecule has 0 bridgehead atoms. The highest BCUT2D eigenvalue weighted by Gasteiger charge is 2.40. The van der Waals surface area contributed by atoms with E-state index in [-0.39, 0.29) is 16.4 Å². The summed E-state index contributed by atoms with van der Waals surface area (Å²) >= 11 is 5.77. The molecule has 1 aliphatic rings. The van der Waals surface area contributed by atoms with Gasteiger partial charge < -0.3 is 9.47 Å². The van der Waals surface area contributed by atoms with Gasteiger partial charge in [-0.05, 0) is 19.1 Å². The summed E-state index contributed by atoms with van der Waals surface area (Å²) in [7, 11) is 0. The topological polar surface area (TPSA) is 21.8 Å². The summed E-state index contributed by atoms with van der Waals surface area (Å²) < 4.78 is 23.6. The van der Waals surface area contributed by atoms with Gasteiger partial charge in [-0.3, -0.25) is 0 Å². The Labute approximate surface area is 86.6 Å². The van der Waals surface area contributed by atoms with Gasteiger partial charge in [-0.1, -0.05) is 17.7 Å². The van der Waals surface area contributed by atoms with E-state index in [1.165, 1.54) is 6.07 Å². The molecule has 1 heterocycles. The number of epoxide rings is 1. The quantitative estimate of drug-likeness (QED) is 0.725. The summed E-state index contributed by atoms with van der Waals surface area (Å²) in [6.45, 7) is 2.88. The highest BCUT2D eigenvalue weighted by atomic mass is 35.5. The molecule has 1 unspecified atom stereocenters. The Morgan fingerprint density at radius 2 is 2.36 bits per heavy atom. The summed E-state index contributed by atoms with van der Waals surface area (Å²) in [5.41, 5.74) is -0.258. The van der Waals surface area contributed by atoms with Gasteiger partial charge in [-0.15, -0.1) is 0 Å². The number of rotatable bonds is 3. The van der Waals surface area contributed by atoms with Crippen molar-refractivity contribution in [1.29, 1.82) is 0 Å².